The van der Waals surface area contributed by atoms with E-state index in [2.05, 4.69) is 24.1 Å². The van der Waals surface area contributed by atoms with Crippen LogP contribution in [0.2, 0.25) is 0 Å². The molecule has 1 atom stereocenters. The fourth-order valence-corrected chi connectivity index (χ4v) is 3.56. The standard InChI is InChI=1S/C16H30N2O/c1-13(2)11-15(18-9-5-6-10-18)12-17-16(19)14-7-3-4-8-14/h13-15H,3-12H2,1-2H3,(H,17,19). The van der Waals surface area contributed by atoms with Gasteiger partial charge in [0.15, 0.2) is 0 Å². The van der Waals surface area contributed by atoms with Crippen LogP contribution in [0.3, 0.4) is 0 Å². The van der Waals surface area contributed by atoms with Crippen LogP contribution in [0.15, 0.2) is 0 Å². The van der Waals surface area contributed by atoms with Crippen LogP contribution in [-0.2, 0) is 4.79 Å². The number of amides is 1. The normalized spacial score (nSPS) is 23.1. The van der Waals surface area contributed by atoms with Gasteiger partial charge in [-0.15, -0.1) is 0 Å². The van der Waals surface area contributed by atoms with Crippen molar-refractivity contribution < 1.29 is 4.79 Å². The van der Waals surface area contributed by atoms with Crippen molar-refractivity contribution in [3.63, 3.8) is 0 Å². The Bertz CT molecular complexity index is 278. The highest BCUT2D eigenvalue weighted by atomic mass is 16.1. The molecule has 0 bridgehead atoms. The highest BCUT2D eigenvalue weighted by Gasteiger charge is 2.26. The van der Waals surface area contributed by atoms with Gasteiger partial charge in [-0.1, -0.05) is 26.7 Å². The third kappa shape index (κ3) is 4.48. The van der Waals surface area contributed by atoms with Gasteiger partial charge in [0.2, 0.25) is 5.91 Å². The van der Waals surface area contributed by atoms with Gasteiger partial charge in [-0.3, -0.25) is 9.69 Å². The van der Waals surface area contributed by atoms with Crippen LogP contribution in [-0.4, -0.2) is 36.5 Å². The summed E-state index contributed by atoms with van der Waals surface area (Å²) < 4.78 is 0. The maximum Gasteiger partial charge on any atom is 0.223 e. The molecular weight excluding hydrogens is 236 g/mol. The molecule has 0 aromatic rings. The number of nitrogens with zero attached hydrogens (tertiary/aromatic N) is 1. The van der Waals surface area contributed by atoms with Crippen molar-refractivity contribution in [3.05, 3.63) is 0 Å². The Hall–Kier alpha value is -0.570. The summed E-state index contributed by atoms with van der Waals surface area (Å²) in [6, 6.07) is 0.549. The second kappa shape index (κ2) is 7.28. The number of hydrogen-bond donors (Lipinski definition) is 1. The molecular formula is C16H30N2O. The molecule has 0 radical (unpaired) electrons. The topological polar surface area (TPSA) is 32.3 Å². The molecule has 1 unspecified atom stereocenters. The molecule has 110 valence electrons. The predicted molar refractivity (Wildman–Crippen MR) is 79.0 cm³/mol. The van der Waals surface area contributed by atoms with Crippen molar-refractivity contribution in [1.82, 2.24) is 10.2 Å². The summed E-state index contributed by atoms with van der Waals surface area (Å²) in [5.41, 5.74) is 0. The van der Waals surface area contributed by atoms with Crippen LogP contribution in [0.4, 0.5) is 0 Å². The van der Waals surface area contributed by atoms with Crippen molar-refractivity contribution in [1.29, 1.82) is 0 Å². The van der Waals surface area contributed by atoms with Crippen molar-refractivity contribution in [2.75, 3.05) is 19.6 Å². The Morgan fingerprint density at radius 1 is 1.16 bits per heavy atom. The molecule has 1 N–H and O–H groups in total. The quantitative estimate of drug-likeness (QED) is 0.802. The zero-order valence-corrected chi connectivity index (χ0v) is 12.7. The molecule has 1 saturated heterocycles. The highest BCUT2D eigenvalue weighted by molar-refractivity contribution is 5.78. The van der Waals surface area contributed by atoms with Crippen molar-refractivity contribution in [2.24, 2.45) is 11.8 Å². The molecule has 1 heterocycles. The average molecular weight is 266 g/mol. The van der Waals surface area contributed by atoms with E-state index < -0.39 is 0 Å². The summed E-state index contributed by atoms with van der Waals surface area (Å²) in [7, 11) is 0. The van der Waals surface area contributed by atoms with Gasteiger partial charge in [0.1, 0.15) is 0 Å². The fraction of sp³-hybridized carbons (Fsp3) is 0.938. The third-order valence-electron chi connectivity index (χ3n) is 4.64. The number of rotatable bonds is 6. The van der Waals surface area contributed by atoms with Gasteiger partial charge in [-0.2, -0.15) is 0 Å². The van der Waals surface area contributed by atoms with Crippen LogP contribution in [0.5, 0.6) is 0 Å². The lowest BCUT2D eigenvalue weighted by atomic mass is 10.0. The molecule has 3 nitrogen and oxygen atoms in total. The van der Waals surface area contributed by atoms with E-state index in [9.17, 15) is 4.79 Å². The lowest BCUT2D eigenvalue weighted by Gasteiger charge is -2.29. The first-order valence-electron chi connectivity index (χ1n) is 8.18. The average Bonchev–Trinajstić information content (AvgIpc) is 3.04. The van der Waals surface area contributed by atoms with E-state index in [1.54, 1.807) is 0 Å². The SMILES string of the molecule is CC(C)CC(CNC(=O)C1CCCC1)N1CCCC1. The van der Waals surface area contributed by atoms with Crippen molar-refractivity contribution in [2.45, 2.75) is 64.8 Å². The molecule has 1 amide bonds. The number of nitrogens with one attached hydrogen (secondary N) is 1. The molecule has 19 heavy (non-hydrogen) atoms. The number of carbonyl (C=O) groups excluding carboxylic acids is 1. The first-order chi connectivity index (χ1) is 9.16. The van der Waals surface area contributed by atoms with E-state index >= 15 is 0 Å². The lowest BCUT2D eigenvalue weighted by Crippen LogP contribution is -2.44. The lowest BCUT2D eigenvalue weighted by molar-refractivity contribution is -0.125. The molecule has 3 heteroatoms. The molecule has 1 aliphatic carbocycles. The van der Waals surface area contributed by atoms with E-state index in [0.717, 1.165) is 19.4 Å². The number of carbonyl (C=O) groups is 1. The Labute approximate surface area is 118 Å². The molecule has 2 rings (SSSR count). The summed E-state index contributed by atoms with van der Waals surface area (Å²) in [5, 5.41) is 3.23. The van der Waals surface area contributed by atoms with E-state index in [0.29, 0.717) is 23.8 Å². The van der Waals surface area contributed by atoms with E-state index in [-0.39, 0.29) is 0 Å². The molecule has 1 saturated carbocycles. The summed E-state index contributed by atoms with van der Waals surface area (Å²) in [6.45, 7) is 7.85. The van der Waals surface area contributed by atoms with Crippen LogP contribution in [0.25, 0.3) is 0 Å². The Morgan fingerprint density at radius 2 is 1.79 bits per heavy atom. The third-order valence-corrected chi connectivity index (χ3v) is 4.64. The number of likely N-dealkylation sites (tertiary alicyclic amines) is 1. The Morgan fingerprint density at radius 3 is 2.37 bits per heavy atom. The predicted octanol–water partition coefficient (Wildman–Crippen LogP) is 2.80. The number of hydrogen-bond acceptors (Lipinski definition) is 2. The van der Waals surface area contributed by atoms with Crippen LogP contribution in [0.1, 0.15) is 58.8 Å². The maximum absolute atomic E-state index is 12.1. The summed E-state index contributed by atoms with van der Waals surface area (Å²) in [5.74, 6) is 1.32. The van der Waals surface area contributed by atoms with Gasteiger partial charge in [-0.25, -0.2) is 0 Å². The van der Waals surface area contributed by atoms with Crippen LogP contribution < -0.4 is 5.32 Å². The van der Waals surface area contributed by atoms with Crippen molar-refractivity contribution in [3.8, 4) is 0 Å². The van der Waals surface area contributed by atoms with E-state index in [4.69, 9.17) is 0 Å². The molecule has 2 aliphatic rings. The first-order valence-corrected chi connectivity index (χ1v) is 8.18. The second-order valence-corrected chi connectivity index (χ2v) is 6.75. The van der Waals surface area contributed by atoms with Gasteiger partial charge in [0.25, 0.3) is 0 Å². The smallest absolute Gasteiger partial charge is 0.223 e. The van der Waals surface area contributed by atoms with E-state index in [1.165, 1.54) is 45.2 Å². The summed E-state index contributed by atoms with van der Waals surface area (Å²) in [6.07, 6.45) is 8.52. The highest BCUT2D eigenvalue weighted by Crippen LogP contribution is 2.25. The minimum atomic E-state index is 0.304. The van der Waals surface area contributed by atoms with Gasteiger partial charge >= 0.3 is 0 Å². The van der Waals surface area contributed by atoms with E-state index in [1.807, 2.05) is 0 Å². The zero-order chi connectivity index (χ0) is 13.7. The first kappa shape index (κ1) is 14.8. The monoisotopic (exact) mass is 266 g/mol. The van der Waals surface area contributed by atoms with Crippen LogP contribution >= 0.6 is 0 Å². The Kier molecular flexibility index (Phi) is 5.68. The molecule has 2 fully saturated rings. The summed E-state index contributed by atoms with van der Waals surface area (Å²) >= 11 is 0. The zero-order valence-electron chi connectivity index (χ0n) is 12.7. The molecule has 0 spiro atoms. The van der Waals surface area contributed by atoms with Crippen molar-refractivity contribution >= 4 is 5.91 Å². The van der Waals surface area contributed by atoms with Gasteiger partial charge < -0.3 is 5.32 Å². The van der Waals surface area contributed by atoms with Gasteiger partial charge in [0.05, 0.1) is 0 Å². The summed E-state index contributed by atoms with van der Waals surface area (Å²) in [4.78, 5) is 14.7. The van der Waals surface area contributed by atoms with Crippen LogP contribution in [0, 0.1) is 11.8 Å². The largest absolute Gasteiger partial charge is 0.354 e. The van der Waals surface area contributed by atoms with Gasteiger partial charge in [0, 0.05) is 18.5 Å². The second-order valence-electron chi connectivity index (χ2n) is 6.75. The Balaban J connectivity index is 1.79. The van der Waals surface area contributed by atoms with Gasteiger partial charge in [-0.05, 0) is 51.1 Å². The molecule has 0 aromatic carbocycles. The molecule has 0 aromatic heterocycles. The maximum atomic E-state index is 12.1. The molecule has 1 aliphatic heterocycles. The minimum Gasteiger partial charge on any atom is -0.354 e. The fourth-order valence-electron chi connectivity index (χ4n) is 3.56. The minimum absolute atomic E-state index is 0.304.